The van der Waals surface area contributed by atoms with Gasteiger partial charge in [0.05, 0.1) is 41.1 Å². The van der Waals surface area contributed by atoms with Gasteiger partial charge in [-0.05, 0) is 82.4 Å². The first-order chi connectivity index (χ1) is 16.7. The largest absolute Gasteiger partial charge is 0.490 e. The van der Waals surface area contributed by atoms with Crippen LogP contribution in [0.5, 0.6) is 5.75 Å². The number of aryl methyl sites for hydroxylation is 2. The third kappa shape index (κ3) is 4.41. The molecule has 1 amide bonds. The molecule has 1 fully saturated rings. The number of morpholine rings is 1. The van der Waals surface area contributed by atoms with Crippen LogP contribution in [0.3, 0.4) is 0 Å². The number of aromatic nitrogens is 2. The van der Waals surface area contributed by atoms with Gasteiger partial charge in [0.25, 0.3) is 5.91 Å². The van der Waals surface area contributed by atoms with Crippen molar-refractivity contribution in [1.82, 2.24) is 14.5 Å². The topological polar surface area (TPSA) is 56.6 Å². The number of nitrogens with zero attached hydrogens (tertiary/aromatic N) is 3. The summed E-state index contributed by atoms with van der Waals surface area (Å²) in [6, 6.07) is 6.54. The van der Waals surface area contributed by atoms with Gasteiger partial charge in [0.2, 0.25) is 0 Å². The van der Waals surface area contributed by atoms with Crippen molar-refractivity contribution in [3.05, 3.63) is 46.1 Å². The number of amides is 1. The van der Waals surface area contributed by atoms with Crippen LogP contribution >= 0.6 is 23.1 Å². The molecular formula is C27H33N3O3S2. The van der Waals surface area contributed by atoms with Crippen molar-refractivity contribution < 1.29 is 14.3 Å². The van der Waals surface area contributed by atoms with E-state index in [1.807, 2.05) is 18.7 Å². The SMILES string of the molecule is CSc1cc2c(cc1OC(C)C)-n1c(-c3cc(C)cs3)nc(C(=O)N3CCOCC3(C)C)c1CC2. The second-order valence-corrected chi connectivity index (χ2v) is 11.9. The number of carbonyl (C=O) groups is 1. The predicted molar refractivity (Wildman–Crippen MR) is 143 cm³/mol. The van der Waals surface area contributed by atoms with Gasteiger partial charge in [-0.15, -0.1) is 23.1 Å². The molecule has 186 valence electrons. The number of imidazole rings is 1. The van der Waals surface area contributed by atoms with E-state index in [0.717, 1.165) is 45.6 Å². The molecule has 0 spiro atoms. The molecule has 2 aromatic heterocycles. The van der Waals surface area contributed by atoms with Crippen LogP contribution in [0, 0.1) is 6.92 Å². The van der Waals surface area contributed by atoms with Crippen LogP contribution in [0.4, 0.5) is 0 Å². The summed E-state index contributed by atoms with van der Waals surface area (Å²) in [6.07, 6.45) is 3.80. The van der Waals surface area contributed by atoms with E-state index in [1.54, 1.807) is 23.1 Å². The smallest absolute Gasteiger partial charge is 0.274 e. The Hall–Kier alpha value is -2.29. The Labute approximate surface area is 215 Å². The first kappa shape index (κ1) is 24.4. The van der Waals surface area contributed by atoms with E-state index in [-0.39, 0.29) is 17.6 Å². The zero-order valence-corrected chi connectivity index (χ0v) is 22.9. The lowest BCUT2D eigenvalue weighted by molar-refractivity contribution is -0.0373. The average Bonchev–Trinajstić information content (AvgIpc) is 3.41. The molecule has 3 aromatic rings. The zero-order valence-electron chi connectivity index (χ0n) is 21.3. The van der Waals surface area contributed by atoms with Gasteiger partial charge in [-0.3, -0.25) is 9.36 Å². The number of rotatable bonds is 5. The number of thiophene rings is 1. The fourth-order valence-corrected chi connectivity index (χ4v) is 6.40. The summed E-state index contributed by atoms with van der Waals surface area (Å²) in [7, 11) is 0. The maximum Gasteiger partial charge on any atom is 0.274 e. The molecule has 0 radical (unpaired) electrons. The standard InChI is InChI=1S/C27H33N3O3S2/c1-16(2)33-21-13-20-18(12-22(21)34-6)7-8-19-24(26(31)29-9-10-32-15-27(29,4)5)28-25(30(19)20)23-11-17(3)14-35-23/h11-14,16H,7-10,15H2,1-6H3. The van der Waals surface area contributed by atoms with E-state index < -0.39 is 0 Å². The monoisotopic (exact) mass is 511 g/mol. The highest BCUT2D eigenvalue weighted by Crippen LogP contribution is 2.41. The second kappa shape index (κ2) is 9.30. The molecule has 2 aliphatic heterocycles. The predicted octanol–water partition coefficient (Wildman–Crippen LogP) is 5.77. The number of hydrogen-bond acceptors (Lipinski definition) is 6. The Morgan fingerprint density at radius 2 is 2.06 bits per heavy atom. The van der Waals surface area contributed by atoms with Crippen LogP contribution < -0.4 is 4.74 Å². The van der Waals surface area contributed by atoms with Gasteiger partial charge in [0.1, 0.15) is 5.75 Å². The normalized spacial score (nSPS) is 16.8. The van der Waals surface area contributed by atoms with E-state index in [2.05, 4.69) is 55.2 Å². The third-order valence-corrected chi connectivity index (χ3v) is 8.42. The summed E-state index contributed by atoms with van der Waals surface area (Å²) in [5.74, 6) is 1.70. The molecule has 8 heteroatoms. The summed E-state index contributed by atoms with van der Waals surface area (Å²) in [4.78, 5) is 23.1. The Bertz CT molecular complexity index is 1270. The maximum absolute atomic E-state index is 13.9. The van der Waals surface area contributed by atoms with Gasteiger partial charge >= 0.3 is 0 Å². The maximum atomic E-state index is 13.9. The molecule has 35 heavy (non-hydrogen) atoms. The number of ether oxygens (including phenoxy) is 2. The Morgan fingerprint density at radius 1 is 1.26 bits per heavy atom. The molecule has 1 aromatic carbocycles. The number of thioether (sulfide) groups is 1. The van der Waals surface area contributed by atoms with Crippen LogP contribution in [0.25, 0.3) is 16.4 Å². The molecule has 0 unspecified atom stereocenters. The van der Waals surface area contributed by atoms with Crippen molar-refractivity contribution in [2.24, 2.45) is 0 Å². The molecule has 0 aliphatic carbocycles. The highest BCUT2D eigenvalue weighted by Gasteiger charge is 2.38. The van der Waals surface area contributed by atoms with E-state index >= 15 is 0 Å². The van der Waals surface area contributed by atoms with Gasteiger partial charge in [-0.25, -0.2) is 4.98 Å². The molecule has 0 N–H and O–H groups in total. The summed E-state index contributed by atoms with van der Waals surface area (Å²) in [5, 5.41) is 2.14. The summed E-state index contributed by atoms with van der Waals surface area (Å²) in [5.41, 5.74) is 4.69. The van der Waals surface area contributed by atoms with Crippen LogP contribution in [-0.4, -0.2) is 58.0 Å². The Kier molecular flexibility index (Phi) is 6.48. The van der Waals surface area contributed by atoms with Gasteiger partial charge in [-0.2, -0.15) is 0 Å². The van der Waals surface area contributed by atoms with Crippen LogP contribution in [0.1, 0.15) is 55.0 Å². The molecule has 1 saturated heterocycles. The van der Waals surface area contributed by atoms with Crippen LogP contribution in [0.2, 0.25) is 0 Å². The van der Waals surface area contributed by atoms with E-state index in [1.165, 1.54) is 11.1 Å². The minimum atomic E-state index is -0.371. The number of carbonyl (C=O) groups excluding carboxylic acids is 1. The van der Waals surface area contributed by atoms with Gasteiger partial charge in [-0.1, -0.05) is 0 Å². The third-order valence-electron chi connectivity index (χ3n) is 6.62. The van der Waals surface area contributed by atoms with E-state index in [4.69, 9.17) is 14.5 Å². The molecular weight excluding hydrogens is 478 g/mol. The Balaban J connectivity index is 1.70. The second-order valence-electron chi connectivity index (χ2n) is 10.2. The number of benzene rings is 1. The molecule has 5 rings (SSSR count). The fourth-order valence-electron chi connectivity index (χ4n) is 4.95. The lowest BCUT2D eigenvalue weighted by Crippen LogP contribution is -2.55. The number of fused-ring (bicyclic) bond motifs is 3. The highest BCUT2D eigenvalue weighted by atomic mass is 32.2. The van der Waals surface area contributed by atoms with E-state index in [0.29, 0.717) is 25.5 Å². The molecule has 6 nitrogen and oxygen atoms in total. The van der Waals surface area contributed by atoms with Gasteiger partial charge < -0.3 is 14.4 Å². The van der Waals surface area contributed by atoms with Crippen molar-refractivity contribution in [1.29, 1.82) is 0 Å². The van der Waals surface area contributed by atoms with Crippen LogP contribution in [0.15, 0.2) is 28.5 Å². The lowest BCUT2D eigenvalue weighted by Gasteiger charge is -2.41. The molecule has 2 aliphatic rings. The van der Waals surface area contributed by atoms with Crippen molar-refractivity contribution in [3.63, 3.8) is 0 Å². The minimum Gasteiger partial charge on any atom is -0.490 e. The molecule has 0 saturated carbocycles. The highest BCUT2D eigenvalue weighted by molar-refractivity contribution is 7.98. The first-order valence-electron chi connectivity index (χ1n) is 12.1. The first-order valence-corrected chi connectivity index (χ1v) is 14.2. The van der Waals surface area contributed by atoms with Crippen molar-refractivity contribution in [2.45, 2.75) is 64.0 Å². The van der Waals surface area contributed by atoms with Crippen molar-refractivity contribution >= 4 is 29.0 Å². The summed E-state index contributed by atoms with van der Waals surface area (Å²) < 4.78 is 14.1. The Morgan fingerprint density at radius 3 is 2.71 bits per heavy atom. The molecule has 4 heterocycles. The minimum absolute atomic E-state index is 0.00980. The van der Waals surface area contributed by atoms with Crippen molar-refractivity contribution in [2.75, 3.05) is 26.0 Å². The fraction of sp³-hybridized carbons (Fsp3) is 0.481. The molecule has 0 atom stereocenters. The lowest BCUT2D eigenvalue weighted by atomic mass is 9.98. The summed E-state index contributed by atoms with van der Waals surface area (Å²) >= 11 is 3.37. The molecule has 0 bridgehead atoms. The van der Waals surface area contributed by atoms with Crippen LogP contribution in [-0.2, 0) is 17.6 Å². The summed E-state index contributed by atoms with van der Waals surface area (Å²) in [6.45, 7) is 12.0. The van der Waals surface area contributed by atoms with Gasteiger partial charge in [0, 0.05) is 17.5 Å². The average molecular weight is 512 g/mol. The zero-order chi connectivity index (χ0) is 24.9. The van der Waals surface area contributed by atoms with Crippen molar-refractivity contribution in [3.8, 4) is 22.1 Å². The number of hydrogen-bond donors (Lipinski definition) is 0. The van der Waals surface area contributed by atoms with Gasteiger partial charge in [0.15, 0.2) is 11.5 Å². The quantitative estimate of drug-likeness (QED) is 0.407. The van der Waals surface area contributed by atoms with E-state index in [9.17, 15) is 4.79 Å².